The number of nitrogens with zero attached hydrogens (tertiary/aromatic N) is 3. The van der Waals surface area contributed by atoms with E-state index in [9.17, 15) is 0 Å². The molecule has 0 aliphatic carbocycles. The zero-order valence-electron chi connectivity index (χ0n) is 15.5. The van der Waals surface area contributed by atoms with Gasteiger partial charge in [-0.1, -0.05) is 30.3 Å². The van der Waals surface area contributed by atoms with Crippen molar-refractivity contribution in [3.8, 4) is 16.5 Å². The van der Waals surface area contributed by atoms with Crippen molar-refractivity contribution >= 4 is 38.3 Å². The molecule has 3 aromatic heterocycles. The number of aromatic nitrogens is 3. The summed E-state index contributed by atoms with van der Waals surface area (Å²) in [6.07, 6.45) is 4.59. The molecule has 0 saturated heterocycles. The first-order valence-corrected chi connectivity index (χ1v) is 10.2. The third kappa shape index (κ3) is 3.33. The van der Waals surface area contributed by atoms with E-state index in [0.717, 1.165) is 45.0 Å². The lowest BCUT2D eigenvalue weighted by atomic mass is 10.1. The van der Waals surface area contributed by atoms with Crippen LogP contribution in [0.25, 0.3) is 31.6 Å². The van der Waals surface area contributed by atoms with Crippen LogP contribution in [0.15, 0.2) is 67.1 Å². The molecule has 0 radical (unpaired) electrons. The largest absolute Gasteiger partial charge is 0.368 e. The van der Waals surface area contributed by atoms with Crippen LogP contribution in [0.2, 0.25) is 0 Å². The van der Waals surface area contributed by atoms with Gasteiger partial charge in [-0.15, -0.1) is 11.3 Å². The Morgan fingerprint density at radius 1 is 1.07 bits per heavy atom. The van der Waals surface area contributed by atoms with Gasteiger partial charge in [-0.25, -0.2) is 9.97 Å². The number of nitriles is 1. The molecule has 6 heteroatoms. The number of para-hydroxylation sites is 1. The predicted octanol–water partition coefficient (Wildman–Crippen LogP) is 5.37. The van der Waals surface area contributed by atoms with Crippen molar-refractivity contribution in [2.24, 2.45) is 0 Å². The van der Waals surface area contributed by atoms with Crippen LogP contribution in [0.1, 0.15) is 11.1 Å². The van der Waals surface area contributed by atoms with Crippen LogP contribution in [-0.2, 0) is 6.42 Å². The van der Waals surface area contributed by atoms with E-state index < -0.39 is 0 Å². The van der Waals surface area contributed by atoms with Crippen LogP contribution < -0.4 is 5.32 Å². The molecule has 0 bridgehead atoms. The molecular weight excluding hydrogens is 378 g/mol. The number of aromatic amines is 1. The summed E-state index contributed by atoms with van der Waals surface area (Å²) in [4.78, 5) is 13.3. The number of fused-ring (bicyclic) bond motifs is 2. The van der Waals surface area contributed by atoms with Gasteiger partial charge < -0.3 is 10.3 Å². The Balaban J connectivity index is 1.37. The maximum Gasteiger partial charge on any atom is 0.147 e. The molecule has 3 heterocycles. The van der Waals surface area contributed by atoms with Gasteiger partial charge in [0.25, 0.3) is 0 Å². The monoisotopic (exact) mass is 395 g/mol. The fraction of sp³-hybridized carbons (Fsp3) is 0.0870. The highest BCUT2D eigenvalue weighted by Crippen LogP contribution is 2.35. The fourth-order valence-corrected chi connectivity index (χ4v) is 4.57. The number of hydrogen-bond acceptors (Lipinski definition) is 5. The number of H-pyrrole nitrogens is 1. The minimum atomic E-state index is 0.661. The minimum absolute atomic E-state index is 0.661. The first-order valence-electron chi connectivity index (χ1n) is 9.36. The van der Waals surface area contributed by atoms with Gasteiger partial charge in [0.2, 0.25) is 0 Å². The van der Waals surface area contributed by atoms with E-state index >= 15 is 0 Å². The predicted molar refractivity (Wildman–Crippen MR) is 118 cm³/mol. The Bertz CT molecular complexity index is 1340. The summed E-state index contributed by atoms with van der Waals surface area (Å²) in [5.74, 6) is 0.861. The number of anilines is 1. The average Bonchev–Trinajstić information content (AvgIpc) is 3.39. The number of benzene rings is 2. The highest BCUT2D eigenvalue weighted by atomic mass is 32.1. The molecule has 0 amide bonds. The summed E-state index contributed by atoms with van der Waals surface area (Å²) in [6.45, 7) is 0.790. The molecule has 29 heavy (non-hydrogen) atoms. The summed E-state index contributed by atoms with van der Waals surface area (Å²) in [5.41, 5.74) is 5.13. The molecule has 0 saturated carbocycles. The van der Waals surface area contributed by atoms with Crippen LogP contribution in [0.5, 0.6) is 0 Å². The van der Waals surface area contributed by atoms with Crippen molar-refractivity contribution in [3.05, 3.63) is 78.2 Å². The van der Waals surface area contributed by atoms with Crippen molar-refractivity contribution in [1.82, 2.24) is 15.0 Å². The molecule has 0 aliphatic rings. The maximum atomic E-state index is 8.98. The first-order chi connectivity index (χ1) is 14.3. The lowest BCUT2D eigenvalue weighted by Gasteiger charge is -2.05. The van der Waals surface area contributed by atoms with Gasteiger partial charge in [0, 0.05) is 28.5 Å². The van der Waals surface area contributed by atoms with Crippen molar-refractivity contribution in [1.29, 1.82) is 5.26 Å². The molecule has 0 fully saturated rings. The zero-order chi connectivity index (χ0) is 19.6. The molecule has 0 unspecified atom stereocenters. The summed E-state index contributed by atoms with van der Waals surface area (Å²) in [6, 6.07) is 20.2. The van der Waals surface area contributed by atoms with E-state index in [0.29, 0.717) is 5.56 Å². The van der Waals surface area contributed by atoms with Crippen molar-refractivity contribution < 1.29 is 0 Å². The Morgan fingerprint density at radius 2 is 1.93 bits per heavy atom. The number of hydrogen-bond donors (Lipinski definition) is 2. The van der Waals surface area contributed by atoms with Gasteiger partial charge in [-0.2, -0.15) is 5.26 Å². The SMILES string of the molecule is N#Cc1ccc(-c2cc3ncnc(NCCc4c[nH]c5ccccc45)c3s2)cc1. The van der Waals surface area contributed by atoms with Gasteiger partial charge in [-0.3, -0.25) is 0 Å². The number of rotatable bonds is 5. The topological polar surface area (TPSA) is 77.4 Å². The van der Waals surface area contributed by atoms with Gasteiger partial charge in [0.15, 0.2) is 0 Å². The highest BCUT2D eigenvalue weighted by Gasteiger charge is 2.11. The summed E-state index contributed by atoms with van der Waals surface area (Å²) in [7, 11) is 0. The molecule has 0 aliphatic heterocycles. The minimum Gasteiger partial charge on any atom is -0.368 e. The van der Waals surface area contributed by atoms with Gasteiger partial charge in [0.1, 0.15) is 12.1 Å². The van der Waals surface area contributed by atoms with E-state index in [1.54, 1.807) is 17.7 Å². The molecule has 0 spiro atoms. The van der Waals surface area contributed by atoms with Gasteiger partial charge >= 0.3 is 0 Å². The molecule has 140 valence electrons. The van der Waals surface area contributed by atoms with E-state index in [2.05, 4.69) is 56.8 Å². The third-order valence-electron chi connectivity index (χ3n) is 4.97. The zero-order valence-corrected chi connectivity index (χ0v) is 16.3. The summed E-state index contributed by atoms with van der Waals surface area (Å²) in [5, 5.41) is 13.7. The number of thiophene rings is 1. The van der Waals surface area contributed by atoms with Crippen LogP contribution in [0.4, 0.5) is 5.82 Å². The van der Waals surface area contributed by atoms with Crippen molar-refractivity contribution in [2.75, 3.05) is 11.9 Å². The summed E-state index contributed by atoms with van der Waals surface area (Å²) >= 11 is 1.66. The van der Waals surface area contributed by atoms with Crippen LogP contribution in [0, 0.1) is 11.3 Å². The average molecular weight is 395 g/mol. The Labute approximate surface area is 171 Å². The second-order valence-corrected chi connectivity index (χ2v) is 7.82. The molecular formula is C23H17N5S. The van der Waals surface area contributed by atoms with E-state index in [4.69, 9.17) is 5.26 Å². The Morgan fingerprint density at radius 3 is 2.79 bits per heavy atom. The lowest BCUT2D eigenvalue weighted by Crippen LogP contribution is -2.06. The standard InChI is InChI=1S/C23H17N5S/c24-12-15-5-7-16(8-6-15)21-11-20-22(29-21)23(28-14-27-20)25-10-9-17-13-26-19-4-2-1-3-18(17)19/h1-8,11,13-14,26H,9-10H2,(H,25,27,28). The van der Waals surface area contributed by atoms with E-state index in [1.165, 1.54) is 10.9 Å². The molecule has 2 N–H and O–H groups in total. The molecule has 5 nitrogen and oxygen atoms in total. The molecule has 0 atom stereocenters. The van der Waals surface area contributed by atoms with Crippen molar-refractivity contribution in [2.45, 2.75) is 6.42 Å². The highest BCUT2D eigenvalue weighted by molar-refractivity contribution is 7.22. The van der Waals surface area contributed by atoms with Crippen LogP contribution in [0.3, 0.4) is 0 Å². The van der Waals surface area contributed by atoms with E-state index in [1.807, 2.05) is 30.3 Å². The van der Waals surface area contributed by atoms with Gasteiger partial charge in [-0.05, 0) is 41.8 Å². The maximum absolute atomic E-state index is 8.98. The summed E-state index contributed by atoms with van der Waals surface area (Å²) < 4.78 is 1.05. The normalized spacial score (nSPS) is 11.0. The third-order valence-corrected chi connectivity index (χ3v) is 6.15. The van der Waals surface area contributed by atoms with Gasteiger partial charge in [0.05, 0.1) is 21.8 Å². The lowest BCUT2D eigenvalue weighted by molar-refractivity contribution is 1.01. The van der Waals surface area contributed by atoms with E-state index in [-0.39, 0.29) is 0 Å². The Kier molecular flexibility index (Phi) is 4.43. The van der Waals surface area contributed by atoms with Crippen molar-refractivity contribution in [3.63, 3.8) is 0 Å². The fourth-order valence-electron chi connectivity index (χ4n) is 3.49. The molecule has 5 rings (SSSR count). The number of nitrogens with one attached hydrogen (secondary N) is 2. The first kappa shape index (κ1) is 17.4. The second kappa shape index (κ2) is 7.38. The van der Waals surface area contributed by atoms with Crippen LogP contribution in [-0.4, -0.2) is 21.5 Å². The quantitative estimate of drug-likeness (QED) is 0.420. The molecule has 5 aromatic rings. The Hall–Kier alpha value is -3.69. The van der Waals surface area contributed by atoms with Crippen LogP contribution >= 0.6 is 11.3 Å². The smallest absolute Gasteiger partial charge is 0.147 e. The second-order valence-electron chi connectivity index (χ2n) is 6.77. The molecule has 2 aromatic carbocycles.